The Bertz CT molecular complexity index is 477. The van der Waals surface area contributed by atoms with Gasteiger partial charge in [-0.15, -0.1) is 0 Å². The average Bonchev–Trinajstić information content (AvgIpc) is 2.64. The molecule has 1 aliphatic rings. The lowest BCUT2D eigenvalue weighted by Crippen LogP contribution is -2.39. The fraction of sp³-hybridized carbons (Fsp3) is 0.357. The van der Waals surface area contributed by atoms with Crippen LogP contribution in [-0.4, -0.2) is 35.9 Å². The molecule has 1 fully saturated rings. The van der Waals surface area contributed by atoms with Crippen molar-refractivity contribution in [2.24, 2.45) is 0 Å². The minimum absolute atomic E-state index is 0.0214. The predicted molar refractivity (Wildman–Crippen MR) is 68.1 cm³/mol. The van der Waals surface area contributed by atoms with Gasteiger partial charge < -0.3 is 15.2 Å². The molecule has 2 atom stereocenters. The van der Waals surface area contributed by atoms with Crippen LogP contribution in [0.25, 0.3) is 0 Å². The van der Waals surface area contributed by atoms with Crippen molar-refractivity contribution >= 4 is 5.91 Å². The fourth-order valence-corrected chi connectivity index (χ4v) is 1.98. The Morgan fingerprint density at radius 1 is 1.42 bits per heavy atom. The molecule has 0 bridgehead atoms. The van der Waals surface area contributed by atoms with E-state index in [1.54, 1.807) is 0 Å². The van der Waals surface area contributed by atoms with Gasteiger partial charge in [-0.1, -0.05) is 36.9 Å². The number of rotatable bonds is 5. The maximum absolute atomic E-state index is 14.5. The second-order valence-corrected chi connectivity index (χ2v) is 4.51. The fourth-order valence-electron chi connectivity index (χ4n) is 1.98. The summed E-state index contributed by atoms with van der Waals surface area (Å²) in [4.78, 5) is 11.6. The third-order valence-corrected chi connectivity index (χ3v) is 3.19. The number of amides is 1. The molecule has 1 aromatic carbocycles. The summed E-state index contributed by atoms with van der Waals surface area (Å²) in [5.41, 5.74) is -1.34. The molecule has 4 nitrogen and oxygen atoms in total. The van der Waals surface area contributed by atoms with Gasteiger partial charge in [-0.3, -0.25) is 4.79 Å². The van der Waals surface area contributed by atoms with Crippen LogP contribution >= 0.6 is 0 Å². The van der Waals surface area contributed by atoms with Crippen LogP contribution in [0.2, 0.25) is 0 Å². The highest BCUT2D eigenvalue weighted by Crippen LogP contribution is 2.30. The van der Waals surface area contributed by atoms with E-state index in [1.807, 2.05) is 30.3 Å². The van der Waals surface area contributed by atoms with E-state index in [9.17, 15) is 9.18 Å². The smallest absolute Gasteiger partial charge is 0.265 e. The first kappa shape index (κ1) is 13.7. The van der Waals surface area contributed by atoms with Crippen molar-refractivity contribution in [3.8, 4) is 0 Å². The number of hydrogen-bond acceptors (Lipinski definition) is 3. The minimum atomic E-state index is -2.26. The lowest BCUT2D eigenvalue weighted by Gasteiger charge is -2.18. The Hall–Kier alpha value is -1.72. The summed E-state index contributed by atoms with van der Waals surface area (Å²) < 4.78 is 19.8. The van der Waals surface area contributed by atoms with Crippen LogP contribution in [0, 0.1) is 0 Å². The number of carbonyl (C=O) groups excluding carboxylic acids is 1. The maximum atomic E-state index is 14.5. The van der Waals surface area contributed by atoms with E-state index in [0.717, 1.165) is 5.56 Å². The van der Waals surface area contributed by atoms with E-state index in [-0.39, 0.29) is 18.8 Å². The van der Waals surface area contributed by atoms with Gasteiger partial charge in [-0.05, 0) is 11.1 Å². The number of aliphatic hydroxyl groups excluding tert-OH is 1. The van der Waals surface area contributed by atoms with Gasteiger partial charge in [0.05, 0.1) is 25.9 Å². The zero-order valence-corrected chi connectivity index (χ0v) is 10.4. The van der Waals surface area contributed by atoms with Crippen LogP contribution < -0.4 is 5.32 Å². The summed E-state index contributed by atoms with van der Waals surface area (Å²) in [6.45, 7) is 2.99. The number of ether oxygens (including phenoxy) is 1. The molecule has 1 amide bonds. The zero-order chi connectivity index (χ0) is 13.9. The van der Waals surface area contributed by atoms with Gasteiger partial charge in [0.2, 0.25) is 5.67 Å². The first-order valence-corrected chi connectivity index (χ1v) is 5.99. The van der Waals surface area contributed by atoms with Gasteiger partial charge in [0.25, 0.3) is 5.91 Å². The molecule has 1 aromatic rings. The van der Waals surface area contributed by atoms with Gasteiger partial charge in [0, 0.05) is 0 Å². The summed E-state index contributed by atoms with van der Waals surface area (Å²) in [5, 5.41) is 11.4. The molecule has 0 aromatic heterocycles. The zero-order valence-electron chi connectivity index (χ0n) is 10.4. The van der Waals surface area contributed by atoms with Gasteiger partial charge >= 0.3 is 0 Å². The molecular formula is C14H16FNO3. The van der Waals surface area contributed by atoms with E-state index in [2.05, 4.69) is 11.9 Å². The second-order valence-electron chi connectivity index (χ2n) is 4.51. The number of aliphatic hydroxyl groups is 1. The van der Waals surface area contributed by atoms with Gasteiger partial charge in [-0.2, -0.15) is 0 Å². The van der Waals surface area contributed by atoms with E-state index in [4.69, 9.17) is 9.84 Å². The first-order valence-electron chi connectivity index (χ1n) is 5.99. The summed E-state index contributed by atoms with van der Waals surface area (Å²) in [5.74, 6) is -0.801. The lowest BCUT2D eigenvalue weighted by atomic mass is 9.97. The Labute approximate surface area is 110 Å². The predicted octanol–water partition coefficient (Wildman–Crippen LogP) is 0.958. The van der Waals surface area contributed by atoms with Gasteiger partial charge in [0.1, 0.15) is 0 Å². The third kappa shape index (κ3) is 2.67. The second kappa shape index (κ2) is 5.50. The van der Waals surface area contributed by atoms with Crippen LogP contribution in [0.15, 0.2) is 42.5 Å². The summed E-state index contributed by atoms with van der Waals surface area (Å²) in [7, 11) is 0. The van der Waals surface area contributed by atoms with Crippen LogP contribution in [0.1, 0.15) is 5.56 Å². The quantitative estimate of drug-likeness (QED) is 0.780. The number of carbonyl (C=O) groups is 1. The third-order valence-electron chi connectivity index (χ3n) is 3.19. The minimum Gasteiger partial charge on any atom is -0.394 e. The van der Waals surface area contributed by atoms with Gasteiger partial charge in [0.15, 0.2) is 0 Å². The number of halogens is 1. The van der Waals surface area contributed by atoms with Crippen LogP contribution in [0.5, 0.6) is 0 Å². The van der Waals surface area contributed by atoms with E-state index in [1.165, 1.54) is 0 Å². The Kier molecular flexibility index (Phi) is 3.97. The Balaban J connectivity index is 1.95. The molecule has 2 N–H and O–H groups in total. The average molecular weight is 265 g/mol. The first-order chi connectivity index (χ1) is 9.08. The maximum Gasteiger partial charge on any atom is 0.265 e. The van der Waals surface area contributed by atoms with Crippen LogP contribution in [-0.2, 0) is 16.1 Å². The molecule has 1 aliphatic heterocycles. The van der Waals surface area contributed by atoms with Crippen molar-refractivity contribution in [3.05, 3.63) is 48.0 Å². The number of alkyl halides is 1. The molecular weight excluding hydrogens is 249 g/mol. The highest BCUT2D eigenvalue weighted by Gasteiger charge is 2.51. The summed E-state index contributed by atoms with van der Waals surface area (Å²) in [6, 6.07) is 8.55. The topological polar surface area (TPSA) is 58.6 Å². The molecule has 5 heteroatoms. The molecule has 0 saturated carbocycles. The number of benzene rings is 1. The molecule has 0 unspecified atom stereocenters. The molecule has 1 heterocycles. The van der Waals surface area contributed by atoms with Crippen molar-refractivity contribution in [2.45, 2.75) is 18.3 Å². The normalized spacial score (nSPS) is 26.5. The summed E-state index contributed by atoms with van der Waals surface area (Å²) in [6.07, 6.45) is 0. The van der Waals surface area contributed by atoms with Crippen molar-refractivity contribution in [1.82, 2.24) is 5.32 Å². The SMILES string of the molecule is C=C1[C@@H](CO)NC(=O)[C@]1(F)COCc1ccccc1. The molecule has 2 rings (SSSR count). The number of nitrogens with one attached hydrogen (secondary N) is 1. The molecule has 0 aliphatic carbocycles. The van der Waals surface area contributed by atoms with E-state index in [0.29, 0.717) is 0 Å². The Morgan fingerprint density at radius 3 is 2.68 bits per heavy atom. The standard InChI is InChI=1S/C14H16FNO3/c1-10-12(7-17)16-13(18)14(10,15)9-19-8-11-5-3-2-4-6-11/h2-6,12,17H,1,7-9H2,(H,16,18)/t12-,14+/m1/s1. The lowest BCUT2D eigenvalue weighted by molar-refractivity contribution is -0.131. The summed E-state index contributed by atoms with van der Waals surface area (Å²) >= 11 is 0. The molecule has 19 heavy (non-hydrogen) atoms. The van der Waals surface area contributed by atoms with E-state index < -0.39 is 24.2 Å². The van der Waals surface area contributed by atoms with Crippen molar-refractivity contribution < 1.29 is 19.0 Å². The number of hydrogen-bond donors (Lipinski definition) is 2. The highest BCUT2D eigenvalue weighted by molar-refractivity contribution is 5.93. The monoisotopic (exact) mass is 265 g/mol. The van der Waals surface area contributed by atoms with Crippen molar-refractivity contribution in [2.75, 3.05) is 13.2 Å². The van der Waals surface area contributed by atoms with Crippen LogP contribution in [0.3, 0.4) is 0 Å². The molecule has 102 valence electrons. The Morgan fingerprint density at radius 2 is 2.11 bits per heavy atom. The van der Waals surface area contributed by atoms with Crippen molar-refractivity contribution in [3.63, 3.8) is 0 Å². The molecule has 0 spiro atoms. The highest BCUT2D eigenvalue weighted by atomic mass is 19.1. The van der Waals surface area contributed by atoms with Crippen LogP contribution in [0.4, 0.5) is 4.39 Å². The molecule has 0 radical (unpaired) electrons. The molecule has 1 saturated heterocycles. The largest absolute Gasteiger partial charge is 0.394 e. The van der Waals surface area contributed by atoms with Crippen molar-refractivity contribution in [1.29, 1.82) is 0 Å². The van der Waals surface area contributed by atoms with E-state index >= 15 is 0 Å². The van der Waals surface area contributed by atoms with Gasteiger partial charge in [-0.25, -0.2) is 4.39 Å².